The van der Waals surface area contributed by atoms with Crippen LogP contribution in [0.2, 0.25) is 0 Å². The molecule has 0 spiro atoms. The summed E-state index contributed by atoms with van der Waals surface area (Å²) in [5, 5.41) is 4.44. The number of hydrogen-bond donors (Lipinski definition) is 2. The summed E-state index contributed by atoms with van der Waals surface area (Å²) in [7, 11) is 0. The van der Waals surface area contributed by atoms with Gasteiger partial charge in [0.15, 0.2) is 0 Å². The van der Waals surface area contributed by atoms with Crippen LogP contribution in [-0.4, -0.2) is 11.5 Å². The fourth-order valence-electron chi connectivity index (χ4n) is 4.40. The van der Waals surface area contributed by atoms with Gasteiger partial charge in [-0.3, -0.25) is 0 Å². The molecule has 0 fully saturated rings. The fourth-order valence-corrected chi connectivity index (χ4v) is 4.40. The molecule has 158 valence electrons. The van der Waals surface area contributed by atoms with Gasteiger partial charge in [-0.2, -0.15) is 0 Å². The highest BCUT2D eigenvalue weighted by atomic mass is 19.1. The van der Waals surface area contributed by atoms with E-state index in [-0.39, 0.29) is 5.82 Å². The second-order valence-electron chi connectivity index (χ2n) is 8.45. The number of benzene rings is 3. The van der Waals surface area contributed by atoms with Gasteiger partial charge in [0.2, 0.25) is 0 Å². The quantitative estimate of drug-likeness (QED) is 0.350. The molecule has 0 saturated heterocycles. The Morgan fingerprint density at radius 1 is 0.903 bits per heavy atom. The molecule has 0 aliphatic rings. The maximum Gasteiger partial charge on any atom is 0.147 e. The second-order valence-corrected chi connectivity index (χ2v) is 8.45. The summed E-state index contributed by atoms with van der Waals surface area (Å²) in [6.07, 6.45) is 0.801. The smallest absolute Gasteiger partial charge is 0.147 e. The van der Waals surface area contributed by atoms with Gasteiger partial charge < -0.3 is 10.3 Å². The van der Waals surface area contributed by atoms with Crippen LogP contribution < -0.4 is 5.32 Å². The average Bonchev–Trinajstić information content (AvgIpc) is 3.07. The van der Waals surface area contributed by atoms with Crippen LogP contribution in [0.4, 0.5) is 4.39 Å². The summed E-state index contributed by atoms with van der Waals surface area (Å²) < 4.78 is 14.2. The maximum atomic E-state index is 14.2. The van der Waals surface area contributed by atoms with Gasteiger partial charge in [-0.05, 0) is 68.0 Å². The van der Waals surface area contributed by atoms with Crippen molar-refractivity contribution in [1.29, 1.82) is 0 Å². The number of nitrogens with one attached hydrogen (secondary N) is 2. The lowest BCUT2D eigenvalue weighted by molar-refractivity contribution is 0.637. The van der Waals surface area contributed by atoms with Crippen LogP contribution in [0.25, 0.3) is 27.7 Å². The third-order valence-electron chi connectivity index (χ3n) is 5.93. The predicted molar refractivity (Wildman–Crippen MR) is 130 cm³/mol. The summed E-state index contributed by atoms with van der Waals surface area (Å²) in [6, 6.07) is 18.5. The summed E-state index contributed by atoms with van der Waals surface area (Å²) in [5.41, 5.74) is 10.8. The number of halogens is 1. The van der Waals surface area contributed by atoms with Crippen molar-refractivity contribution in [3.05, 3.63) is 101 Å². The zero-order valence-corrected chi connectivity index (χ0v) is 18.7. The van der Waals surface area contributed by atoms with Crippen molar-refractivity contribution in [3.8, 4) is 11.1 Å². The monoisotopic (exact) mass is 412 g/mol. The molecule has 0 aliphatic heterocycles. The topological polar surface area (TPSA) is 27.8 Å². The molecule has 0 bridgehead atoms. The van der Waals surface area contributed by atoms with Crippen molar-refractivity contribution >= 4 is 16.6 Å². The molecule has 0 saturated carbocycles. The standard InChI is InChI=1S/C28H29FN2/c1-17-14-18(2)16-24(15-17)23-9-7-22(8-10-23)20(4)30-13-12-25-21(5)31-28-26(29)11-6-19(3)27(25)28/h6-11,14-16,30-31H,4,12-13H2,1-3,5H3. The molecule has 31 heavy (non-hydrogen) atoms. The molecule has 3 heteroatoms. The lowest BCUT2D eigenvalue weighted by Crippen LogP contribution is -2.15. The first-order chi connectivity index (χ1) is 14.8. The Kier molecular flexibility index (Phi) is 5.69. The van der Waals surface area contributed by atoms with E-state index in [0.29, 0.717) is 5.52 Å². The SMILES string of the molecule is C=C(NCCc1c(C)[nH]c2c(F)ccc(C)c12)c1ccc(-c2cc(C)cc(C)c2)cc1. The van der Waals surface area contributed by atoms with E-state index >= 15 is 0 Å². The predicted octanol–water partition coefficient (Wildman–Crippen LogP) is 7.01. The van der Waals surface area contributed by atoms with Gasteiger partial charge in [-0.15, -0.1) is 0 Å². The summed E-state index contributed by atoms with van der Waals surface area (Å²) >= 11 is 0. The molecule has 1 aromatic heterocycles. The average molecular weight is 413 g/mol. The maximum absolute atomic E-state index is 14.2. The van der Waals surface area contributed by atoms with Crippen molar-refractivity contribution in [1.82, 2.24) is 10.3 Å². The molecule has 0 atom stereocenters. The molecule has 4 rings (SSSR count). The van der Waals surface area contributed by atoms with Crippen LogP contribution in [0.15, 0.2) is 61.2 Å². The number of aromatic amines is 1. The zero-order chi connectivity index (χ0) is 22.1. The van der Waals surface area contributed by atoms with Gasteiger partial charge in [0.25, 0.3) is 0 Å². The Labute approximate surface area is 183 Å². The number of rotatable bonds is 6. The van der Waals surface area contributed by atoms with E-state index in [2.05, 4.69) is 73.2 Å². The Morgan fingerprint density at radius 3 is 2.26 bits per heavy atom. The minimum Gasteiger partial charge on any atom is -0.385 e. The molecule has 1 heterocycles. The highest BCUT2D eigenvalue weighted by molar-refractivity contribution is 5.88. The van der Waals surface area contributed by atoms with E-state index < -0.39 is 0 Å². The Hall–Kier alpha value is -3.33. The van der Waals surface area contributed by atoms with Gasteiger partial charge in [0, 0.05) is 23.3 Å². The molecule has 2 N–H and O–H groups in total. The molecule has 0 aliphatic carbocycles. The Morgan fingerprint density at radius 2 is 1.58 bits per heavy atom. The summed E-state index contributed by atoms with van der Waals surface area (Å²) in [4.78, 5) is 3.21. The van der Waals surface area contributed by atoms with E-state index in [0.717, 1.165) is 46.4 Å². The minimum atomic E-state index is -0.198. The van der Waals surface area contributed by atoms with E-state index in [1.165, 1.54) is 28.3 Å². The van der Waals surface area contributed by atoms with Gasteiger partial charge in [0.05, 0.1) is 5.52 Å². The normalized spacial score (nSPS) is 11.1. The number of hydrogen-bond acceptors (Lipinski definition) is 1. The minimum absolute atomic E-state index is 0.198. The molecule has 3 aromatic carbocycles. The Balaban J connectivity index is 1.45. The number of aryl methyl sites for hydroxylation is 4. The molecular formula is C28H29FN2. The first-order valence-electron chi connectivity index (χ1n) is 10.7. The molecular weight excluding hydrogens is 383 g/mol. The summed E-state index contributed by atoms with van der Waals surface area (Å²) in [6.45, 7) is 13.2. The highest BCUT2D eigenvalue weighted by Gasteiger charge is 2.13. The first-order valence-corrected chi connectivity index (χ1v) is 10.7. The number of fused-ring (bicyclic) bond motifs is 1. The third-order valence-corrected chi connectivity index (χ3v) is 5.93. The molecule has 2 nitrogen and oxygen atoms in total. The largest absolute Gasteiger partial charge is 0.385 e. The lowest BCUT2D eigenvalue weighted by atomic mass is 9.99. The highest BCUT2D eigenvalue weighted by Crippen LogP contribution is 2.28. The van der Waals surface area contributed by atoms with E-state index in [9.17, 15) is 4.39 Å². The third kappa shape index (κ3) is 4.27. The van der Waals surface area contributed by atoms with Gasteiger partial charge in [0.1, 0.15) is 5.82 Å². The van der Waals surface area contributed by atoms with Crippen molar-refractivity contribution in [2.45, 2.75) is 34.1 Å². The Bertz CT molecular complexity index is 1240. The van der Waals surface area contributed by atoms with Crippen molar-refractivity contribution in [2.75, 3.05) is 6.54 Å². The van der Waals surface area contributed by atoms with E-state index in [1.54, 1.807) is 0 Å². The van der Waals surface area contributed by atoms with Crippen molar-refractivity contribution in [3.63, 3.8) is 0 Å². The van der Waals surface area contributed by atoms with Crippen LogP contribution in [-0.2, 0) is 6.42 Å². The van der Waals surface area contributed by atoms with E-state index in [4.69, 9.17) is 0 Å². The molecule has 0 amide bonds. The van der Waals surface area contributed by atoms with Gasteiger partial charge in [-0.1, -0.05) is 66.2 Å². The molecule has 4 aromatic rings. The van der Waals surface area contributed by atoms with Crippen LogP contribution in [0, 0.1) is 33.5 Å². The van der Waals surface area contributed by atoms with Crippen LogP contribution in [0.5, 0.6) is 0 Å². The number of H-pyrrole nitrogens is 1. The zero-order valence-electron chi connectivity index (χ0n) is 18.7. The molecule has 0 unspecified atom stereocenters. The van der Waals surface area contributed by atoms with Gasteiger partial charge in [-0.25, -0.2) is 4.39 Å². The number of aromatic nitrogens is 1. The van der Waals surface area contributed by atoms with Crippen molar-refractivity contribution in [2.24, 2.45) is 0 Å². The van der Waals surface area contributed by atoms with Crippen LogP contribution >= 0.6 is 0 Å². The van der Waals surface area contributed by atoms with Crippen LogP contribution in [0.3, 0.4) is 0 Å². The van der Waals surface area contributed by atoms with E-state index in [1.807, 2.05) is 19.9 Å². The fraction of sp³-hybridized carbons (Fsp3) is 0.214. The molecule has 0 radical (unpaired) electrons. The summed E-state index contributed by atoms with van der Waals surface area (Å²) in [5.74, 6) is -0.198. The first kappa shape index (κ1) is 20.9. The lowest BCUT2D eigenvalue weighted by Gasteiger charge is -2.12. The van der Waals surface area contributed by atoms with Gasteiger partial charge >= 0.3 is 0 Å². The van der Waals surface area contributed by atoms with Crippen molar-refractivity contribution < 1.29 is 4.39 Å². The van der Waals surface area contributed by atoms with Crippen LogP contribution in [0.1, 0.15) is 33.5 Å². The second kappa shape index (κ2) is 8.43.